The summed E-state index contributed by atoms with van der Waals surface area (Å²) in [5, 5.41) is 0. The van der Waals surface area contributed by atoms with Crippen LogP contribution in [0, 0.1) is 5.92 Å². The molecule has 0 heterocycles. The molecule has 0 radical (unpaired) electrons. The van der Waals surface area contributed by atoms with Gasteiger partial charge in [-0.05, 0) is 25.2 Å². The van der Waals surface area contributed by atoms with E-state index in [2.05, 4.69) is 0 Å². The minimum atomic E-state index is 0.368. The van der Waals surface area contributed by atoms with Crippen molar-refractivity contribution in [3.8, 4) is 0 Å². The molecule has 0 amide bonds. The summed E-state index contributed by atoms with van der Waals surface area (Å²) in [5.74, 6) is 0.788. The number of hydrogen-bond donors (Lipinski definition) is 1. The molecule has 1 rings (SSSR count). The molecule has 1 aliphatic carbocycles. The first kappa shape index (κ1) is 9.96. The lowest BCUT2D eigenvalue weighted by atomic mass is 10.1. The molecule has 2 N–H and O–H groups in total. The van der Waals surface area contributed by atoms with Gasteiger partial charge in [-0.25, -0.2) is 0 Å². The molecule has 0 bridgehead atoms. The first-order chi connectivity index (χ1) is 5.84. The van der Waals surface area contributed by atoms with Crippen LogP contribution < -0.4 is 5.73 Å². The van der Waals surface area contributed by atoms with Crippen molar-refractivity contribution in [1.29, 1.82) is 0 Å². The second-order valence-electron chi connectivity index (χ2n) is 3.40. The number of ether oxygens (including phenoxy) is 2. The van der Waals surface area contributed by atoms with Crippen LogP contribution in [0.2, 0.25) is 0 Å². The molecule has 0 aliphatic heterocycles. The second kappa shape index (κ2) is 5.51. The van der Waals surface area contributed by atoms with Crippen LogP contribution in [-0.4, -0.2) is 33.0 Å². The zero-order chi connectivity index (χ0) is 8.81. The second-order valence-corrected chi connectivity index (χ2v) is 3.40. The largest absolute Gasteiger partial charge is 0.382 e. The van der Waals surface area contributed by atoms with Gasteiger partial charge in [0.2, 0.25) is 0 Å². The molecule has 1 aliphatic rings. The van der Waals surface area contributed by atoms with Crippen molar-refractivity contribution < 1.29 is 9.47 Å². The van der Waals surface area contributed by atoms with Crippen molar-refractivity contribution in [3.63, 3.8) is 0 Å². The number of methoxy groups -OCH3 is 1. The Morgan fingerprint density at radius 3 is 2.67 bits per heavy atom. The van der Waals surface area contributed by atoms with Crippen LogP contribution in [0.3, 0.4) is 0 Å². The normalized spacial score (nSPS) is 19.5. The highest BCUT2D eigenvalue weighted by Gasteiger charge is 2.27. The number of rotatable bonds is 7. The first-order valence-electron chi connectivity index (χ1n) is 4.67. The summed E-state index contributed by atoms with van der Waals surface area (Å²) in [6, 6.07) is 0.368. The molecule has 0 aromatic rings. The van der Waals surface area contributed by atoms with Gasteiger partial charge in [-0.1, -0.05) is 0 Å². The van der Waals surface area contributed by atoms with Gasteiger partial charge in [-0.2, -0.15) is 0 Å². The molecule has 1 atom stereocenters. The van der Waals surface area contributed by atoms with Crippen LogP contribution in [0.5, 0.6) is 0 Å². The molecular weight excluding hydrogens is 154 g/mol. The van der Waals surface area contributed by atoms with Crippen molar-refractivity contribution in [2.45, 2.75) is 25.3 Å². The van der Waals surface area contributed by atoms with Crippen LogP contribution in [-0.2, 0) is 9.47 Å². The van der Waals surface area contributed by atoms with Gasteiger partial charge in [-0.3, -0.25) is 0 Å². The molecular formula is C9H19NO2. The average Bonchev–Trinajstić information content (AvgIpc) is 2.86. The quantitative estimate of drug-likeness (QED) is 0.578. The van der Waals surface area contributed by atoms with Gasteiger partial charge in [0.15, 0.2) is 0 Å². The summed E-state index contributed by atoms with van der Waals surface area (Å²) in [6.07, 6.45) is 3.63. The maximum absolute atomic E-state index is 5.88. The Labute approximate surface area is 74.2 Å². The number of nitrogens with two attached hydrogens (primary N) is 1. The van der Waals surface area contributed by atoms with Gasteiger partial charge in [0, 0.05) is 19.8 Å². The molecule has 12 heavy (non-hydrogen) atoms. The average molecular weight is 173 g/mol. The SMILES string of the molecule is COCCOCC[C@H](N)C1CC1. The fraction of sp³-hybridized carbons (Fsp3) is 1.00. The minimum Gasteiger partial charge on any atom is -0.382 e. The highest BCUT2D eigenvalue weighted by molar-refractivity contribution is 4.83. The zero-order valence-electron chi connectivity index (χ0n) is 7.79. The molecule has 1 saturated carbocycles. The van der Waals surface area contributed by atoms with E-state index in [1.54, 1.807) is 7.11 Å². The molecule has 3 heteroatoms. The number of hydrogen-bond acceptors (Lipinski definition) is 3. The summed E-state index contributed by atoms with van der Waals surface area (Å²) in [4.78, 5) is 0. The monoisotopic (exact) mass is 173 g/mol. The van der Waals surface area contributed by atoms with Crippen LogP contribution >= 0.6 is 0 Å². The molecule has 3 nitrogen and oxygen atoms in total. The highest BCUT2D eigenvalue weighted by Crippen LogP contribution is 2.32. The summed E-state index contributed by atoms with van der Waals surface area (Å²) >= 11 is 0. The highest BCUT2D eigenvalue weighted by atomic mass is 16.5. The van der Waals surface area contributed by atoms with Gasteiger partial charge < -0.3 is 15.2 Å². The Morgan fingerprint density at radius 1 is 1.33 bits per heavy atom. The first-order valence-corrected chi connectivity index (χ1v) is 4.67. The third-order valence-electron chi connectivity index (χ3n) is 2.25. The maximum Gasteiger partial charge on any atom is 0.0700 e. The van der Waals surface area contributed by atoms with E-state index < -0.39 is 0 Å². The van der Waals surface area contributed by atoms with Gasteiger partial charge >= 0.3 is 0 Å². The van der Waals surface area contributed by atoms with Gasteiger partial charge in [0.1, 0.15) is 0 Å². The van der Waals surface area contributed by atoms with Crippen molar-refractivity contribution in [3.05, 3.63) is 0 Å². The molecule has 0 saturated heterocycles. The summed E-state index contributed by atoms with van der Waals surface area (Å²) in [7, 11) is 1.68. The van der Waals surface area contributed by atoms with Crippen LogP contribution in [0.4, 0.5) is 0 Å². The molecule has 0 aromatic heterocycles. The van der Waals surface area contributed by atoms with E-state index in [1.165, 1.54) is 12.8 Å². The molecule has 1 fully saturated rings. The van der Waals surface area contributed by atoms with Gasteiger partial charge in [0.25, 0.3) is 0 Å². The van der Waals surface area contributed by atoms with E-state index in [1.807, 2.05) is 0 Å². The minimum absolute atomic E-state index is 0.368. The standard InChI is InChI=1S/C9H19NO2/c1-11-6-7-12-5-4-9(10)8-2-3-8/h8-9H,2-7,10H2,1H3/t9-/m0/s1. The van der Waals surface area contributed by atoms with Crippen molar-refractivity contribution >= 4 is 0 Å². The molecule has 0 aromatic carbocycles. The van der Waals surface area contributed by atoms with Crippen molar-refractivity contribution in [2.75, 3.05) is 26.9 Å². The maximum atomic E-state index is 5.88. The van der Waals surface area contributed by atoms with Crippen LogP contribution in [0.25, 0.3) is 0 Å². The summed E-state index contributed by atoms with van der Waals surface area (Å²) < 4.78 is 10.2. The van der Waals surface area contributed by atoms with E-state index >= 15 is 0 Å². The molecule has 0 unspecified atom stereocenters. The fourth-order valence-corrected chi connectivity index (χ4v) is 1.22. The Bertz CT molecular complexity index is 115. The van der Waals surface area contributed by atoms with Crippen molar-refractivity contribution in [2.24, 2.45) is 11.7 Å². The molecule has 0 spiro atoms. The zero-order valence-corrected chi connectivity index (χ0v) is 7.79. The van der Waals surface area contributed by atoms with E-state index in [4.69, 9.17) is 15.2 Å². The van der Waals surface area contributed by atoms with Gasteiger partial charge in [-0.15, -0.1) is 0 Å². The Balaban J connectivity index is 1.81. The molecule has 72 valence electrons. The van der Waals surface area contributed by atoms with E-state index in [-0.39, 0.29) is 0 Å². The Morgan fingerprint density at radius 2 is 2.08 bits per heavy atom. The summed E-state index contributed by atoms with van der Waals surface area (Å²) in [5.41, 5.74) is 5.88. The third kappa shape index (κ3) is 4.04. The third-order valence-corrected chi connectivity index (χ3v) is 2.25. The van der Waals surface area contributed by atoms with Gasteiger partial charge in [0.05, 0.1) is 13.2 Å². The van der Waals surface area contributed by atoms with E-state index in [0.29, 0.717) is 19.3 Å². The lowest BCUT2D eigenvalue weighted by Crippen LogP contribution is -2.24. The topological polar surface area (TPSA) is 44.5 Å². The van der Waals surface area contributed by atoms with E-state index in [0.717, 1.165) is 18.9 Å². The van der Waals surface area contributed by atoms with E-state index in [9.17, 15) is 0 Å². The van der Waals surface area contributed by atoms with Crippen molar-refractivity contribution in [1.82, 2.24) is 0 Å². The lowest BCUT2D eigenvalue weighted by molar-refractivity contribution is 0.0665. The smallest absolute Gasteiger partial charge is 0.0700 e. The predicted octanol–water partition coefficient (Wildman–Crippen LogP) is 0.777. The van der Waals surface area contributed by atoms with Crippen LogP contribution in [0.15, 0.2) is 0 Å². The predicted molar refractivity (Wildman–Crippen MR) is 48.0 cm³/mol. The Hall–Kier alpha value is -0.120. The lowest BCUT2D eigenvalue weighted by Gasteiger charge is -2.09. The fourth-order valence-electron chi connectivity index (χ4n) is 1.22. The van der Waals surface area contributed by atoms with Crippen LogP contribution in [0.1, 0.15) is 19.3 Å². The Kier molecular flexibility index (Phi) is 4.58. The summed E-state index contributed by atoms with van der Waals surface area (Å²) in [6.45, 7) is 2.15.